The lowest BCUT2D eigenvalue weighted by atomic mass is 10.0. The second-order valence-electron chi connectivity index (χ2n) is 7.09. The summed E-state index contributed by atoms with van der Waals surface area (Å²) in [5, 5.41) is 27.9. The minimum absolute atomic E-state index is 0. The van der Waals surface area contributed by atoms with Crippen LogP contribution in [0.1, 0.15) is 96.8 Å². The number of halogens is 1. The quantitative estimate of drug-likeness (QED) is 0.251. The summed E-state index contributed by atoms with van der Waals surface area (Å²) in [6, 6.07) is 0. The van der Waals surface area contributed by atoms with Gasteiger partial charge in [-0.1, -0.05) is 84.0 Å². The minimum Gasteiger partial charge on any atom is -1.00 e. The van der Waals surface area contributed by atoms with Gasteiger partial charge in [-0.15, -0.1) is 0 Å². The van der Waals surface area contributed by atoms with E-state index < -0.39 is 7.26 Å². The van der Waals surface area contributed by atoms with Crippen LogP contribution in [0.2, 0.25) is 0 Å². The zero-order valence-corrected chi connectivity index (χ0v) is 17.5. The van der Waals surface area contributed by atoms with Gasteiger partial charge in [0, 0.05) is 0 Å². The molecule has 3 N–H and O–H groups in total. The van der Waals surface area contributed by atoms with Gasteiger partial charge in [-0.3, -0.25) is 0 Å². The summed E-state index contributed by atoms with van der Waals surface area (Å²) in [6.45, 7) is 2.27. The summed E-state index contributed by atoms with van der Waals surface area (Å²) in [5.74, 6) is 0. The molecule has 148 valence electrons. The van der Waals surface area contributed by atoms with E-state index >= 15 is 0 Å². The van der Waals surface area contributed by atoms with E-state index in [9.17, 15) is 15.3 Å². The number of hydrogen-bond acceptors (Lipinski definition) is 3. The molecular formula is C19H42ClO3P. The first kappa shape index (κ1) is 26.8. The molecule has 0 atom stereocenters. The summed E-state index contributed by atoms with van der Waals surface area (Å²) < 4.78 is 0. The van der Waals surface area contributed by atoms with Crippen LogP contribution < -0.4 is 12.4 Å². The van der Waals surface area contributed by atoms with Crippen LogP contribution in [0.4, 0.5) is 0 Å². The maximum atomic E-state index is 9.31. The molecule has 0 heterocycles. The van der Waals surface area contributed by atoms with Gasteiger partial charge in [-0.25, -0.2) is 0 Å². The third-order valence-electron chi connectivity index (χ3n) is 4.89. The molecule has 0 aromatic heterocycles. The first-order valence-electron chi connectivity index (χ1n) is 9.92. The highest BCUT2D eigenvalue weighted by Crippen LogP contribution is 2.56. The van der Waals surface area contributed by atoms with Gasteiger partial charge in [0.05, 0.1) is 13.4 Å². The van der Waals surface area contributed by atoms with E-state index in [4.69, 9.17) is 0 Å². The van der Waals surface area contributed by atoms with Crippen molar-refractivity contribution in [3.63, 3.8) is 0 Å². The lowest BCUT2D eigenvalue weighted by Crippen LogP contribution is -3.00. The molecule has 0 spiro atoms. The van der Waals surface area contributed by atoms with Gasteiger partial charge in [0.2, 0.25) is 0 Å². The molecule has 0 saturated heterocycles. The Bertz CT molecular complexity index is 230. The van der Waals surface area contributed by atoms with E-state index in [1.807, 2.05) is 0 Å². The zero-order valence-electron chi connectivity index (χ0n) is 15.9. The topological polar surface area (TPSA) is 60.7 Å². The first-order valence-corrected chi connectivity index (χ1v) is 12.5. The zero-order chi connectivity index (χ0) is 17.2. The summed E-state index contributed by atoms with van der Waals surface area (Å²) in [7, 11) is -1.86. The van der Waals surface area contributed by atoms with Gasteiger partial charge in [-0.2, -0.15) is 0 Å². The predicted molar refractivity (Wildman–Crippen MR) is 103 cm³/mol. The monoisotopic (exact) mass is 384 g/mol. The smallest absolute Gasteiger partial charge is 0.158 e. The molecule has 0 aliphatic rings. The maximum absolute atomic E-state index is 9.31. The predicted octanol–water partition coefficient (Wildman–Crippen LogP) is 2.34. The molecule has 0 aliphatic carbocycles. The molecule has 3 nitrogen and oxygen atoms in total. The third kappa shape index (κ3) is 14.9. The molecule has 0 aromatic rings. The van der Waals surface area contributed by atoms with Crippen LogP contribution in [-0.4, -0.2) is 40.5 Å². The van der Waals surface area contributed by atoms with Crippen LogP contribution in [0.25, 0.3) is 0 Å². The standard InChI is InChI=1S/C19H42O3P.ClH/c1-2-3-4-5-6-7-8-9-10-11-12-13-14-15-16-23(17-20,18-21)19-22;/h20-22H,2-19H2,1H3;1H/q+1;/p-1. The largest absolute Gasteiger partial charge is 1.00 e. The van der Waals surface area contributed by atoms with Crippen LogP contribution in [0.3, 0.4) is 0 Å². The summed E-state index contributed by atoms with van der Waals surface area (Å²) in [6.07, 6.45) is 19.5. The Kier molecular flexibility index (Phi) is 22.3. The van der Waals surface area contributed by atoms with Crippen molar-refractivity contribution < 1.29 is 27.7 Å². The van der Waals surface area contributed by atoms with Crippen LogP contribution in [0.5, 0.6) is 0 Å². The highest BCUT2D eigenvalue weighted by atomic mass is 35.5. The maximum Gasteiger partial charge on any atom is 0.158 e. The van der Waals surface area contributed by atoms with Gasteiger partial charge < -0.3 is 27.7 Å². The molecule has 0 aliphatic heterocycles. The Morgan fingerprint density at radius 3 is 1.08 bits per heavy atom. The van der Waals surface area contributed by atoms with Crippen molar-refractivity contribution in [3.05, 3.63) is 0 Å². The lowest BCUT2D eigenvalue weighted by Gasteiger charge is -2.19. The second kappa shape index (κ2) is 19.9. The van der Waals surface area contributed by atoms with Gasteiger partial charge in [0.1, 0.15) is 0 Å². The Balaban J connectivity index is 0. The molecule has 0 saturated carbocycles. The highest BCUT2D eigenvalue weighted by Gasteiger charge is 2.34. The van der Waals surface area contributed by atoms with Gasteiger partial charge >= 0.3 is 0 Å². The molecule has 0 rings (SSSR count). The van der Waals surface area contributed by atoms with Crippen LogP contribution >= 0.6 is 7.26 Å². The molecule has 5 heteroatoms. The van der Waals surface area contributed by atoms with Crippen molar-refractivity contribution in [3.8, 4) is 0 Å². The van der Waals surface area contributed by atoms with E-state index in [1.54, 1.807) is 0 Å². The number of hydrogen-bond donors (Lipinski definition) is 3. The number of unbranched alkanes of at least 4 members (excludes halogenated alkanes) is 13. The normalized spacial score (nSPS) is 11.5. The molecule has 0 amide bonds. The Morgan fingerprint density at radius 1 is 0.500 bits per heavy atom. The lowest BCUT2D eigenvalue weighted by molar-refractivity contribution is -0.00000763. The van der Waals surface area contributed by atoms with Gasteiger partial charge in [-0.05, 0) is 12.8 Å². The van der Waals surface area contributed by atoms with Crippen molar-refractivity contribution in [1.82, 2.24) is 0 Å². The summed E-state index contributed by atoms with van der Waals surface area (Å²) in [4.78, 5) is 0. The SMILES string of the molecule is CCCCCCCCCCCCCCCC[P+](CO)(CO)CO.[Cl-]. The molecular weight excluding hydrogens is 343 g/mol. The average Bonchev–Trinajstić information content (AvgIpc) is 2.59. The Hall–Kier alpha value is 0.600. The van der Waals surface area contributed by atoms with E-state index in [0.717, 1.165) is 12.6 Å². The molecule has 0 bridgehead atoms. The highest BCUT2D eigenvalue weighted by molar-refractivity contribution is 7.75. The average molecular weight is 385 g/mol. The van der Waals surface area contributed by atoms with Crippen molar-refractivity contribution >= 4 is 7.26 Å². The van der Waals surface area contributed by atoms with Crippen molar-refractivity contribution in [2.45, 2.75) is 96.8 Å². The van der Waals surface area contributed by atoms with E-state index in [2.05, 4.69) is 6.92 Å². The van der Waals surface area contributed by atoms with Gasteiger partial charge in [0.25, 0.3) is 0 Å². The van der Waals surface area contributed by atoms with E-state index in [1.165, 1.54) is 83.5 Å². The fourth-order valence-corrected chi connectivity index (χ4v) is 4.58. The number of rotatable bonds is 18. The van der Waals surface area contributed by atoms with E-state index in [-0.39, 0.29) is 31.5 Å². The van der Waals surface area contributed by atoms with Crippen LogP contribution in [-0.2, 0) is 0 Å². The molecule has 24 heavy (non-hydrogen) atoms. The van der Waals surface area contributed by atoms with Crippen LogP contribution in [0, 0.1) is 0 Å². The summed E-state index contributed by atoms with van der Waals surface area (Å²) >= 11 is 0. The van der Waals surface area contributed by atoms with Gasteiger partial charge in [0.15, 0.2) is 19.0 Å². The van der Waals surface area contributed by atoms with Crippen molar-refractivity contribution in [2.75, 3.05) is 25.2 Å². The van der Waals surface area contributed by atoms with Crippen molar-refractivity contribution in [1.29, 1.82) is 0 Å². The Morgan fingerprint density at radius 2 is 0.792 bits per heavy atom. The number of aliphatic hydroxyl groups is 3. The minimum atomic E-state index is -1.86. The molecule has 0 fully saturated rings. The van der Waals surface area contributed by atoms with Crippen LogP contribution in [0.15, 0.2) is 0 Å². The first-order chi connectivity index (χ1) is 11.2. The Labute approximate surface area is 157 Å². The second-order valence-corrected chi connectivity index (χ2v) is 11.1. The van der Waals surface area contributed by atoms with Crippen molar-refractivity contribution in [2.24, 2.45) is 0 Å². The molecule has 0 unspecified atom stereocenters. The molecule has 0 radical (unpaired) electrons. The number of aliphatic hydroxyl groups excluding tert-OH is 3. The fourth-order valence-electron chi connectivity index (χ4n) is 2.99. The van der Waals surface area contributed by atoms with E-state index in [0.29, 0.717) is 0 Å². The summed E-state index contributed by atoms with van der Waals surface area (Å²) in [5.41, 5.74) is 0. The fraction of sp³-hybridized carbons (Fsp3) is 1.00. The molecule has 0 aromatic carbocycles. The third-order valence-corrected chi connectivity index (χ3v) is 7.95.